The molecular formula is C27H32ClN3O2. The second-order valence-electron chi connectivity index (χ2n) is 9.18. The van der Waals surface area contributed by atoms with Crippen LogP contribution in [0.1, 0.15) is 42.5 Å². The van der Waals surface area contributed by atoms with Crippen molar-refractivity contribution in [3.8, 4) is 5.75 Å². The zero-order chi connectivity index (χ0) is 22.6. The molecule has 0 aliphatic carbocycles. The topological polar surface area (TPSA) is 37.7 Å². The Balaban J connectivity index is 1.35. The van der Waals surface area contributed by atoms with Crippen LogP contribution in [0.4, 0.5) is 5.82 Å². The van der Waals surface area contributed by atoms with Gasteiger partial charge in [-0.2, -0.15) is 0 Å². The first-order valence-corrected chi connectivity index (χ1v) is 12.6. The second-order valence-corrected chi connectivity index (χ2v) is 9.62. The number of carbonyl (C=O) groups is 1. The first kappa shape index (κ1) is 22.3. The van der Waals surface area contributed by atoms with Gasteiger partial charge in [0.15, 0.2) is 6.29 Å². The molecule has 2 aliphatic heterocycles. The Hall–Kier alpha value is -2.50. The van der Waals surface area contributed by atoms with Gasteiger partial charge in [0.1, 0.15) is 17.7 Å². The number of hydrogen-bond donors (Lipinski definition) is 0. The number of halogens is 1. The maximum Gasteiger partial charge on any atom is 0.154 e. The van der Waals surface area contributed by atoms with Crippen LogP contribution in [0.25, 0.3) is 10.9 Å². The van der Waals surface area contributed by atoms with Gasteiger partial charge in [0.25, 0.3) is 0 Å². The zero-order valence-corrected chi connectivity index (χ0v) is 19.8. The van der Waals surface area contributed by atoms with Gasteiger partial charge >= 0.3 is 0 Å². The first-order valence-electron chi connectivity index (χ1n) is 12.2. The number of anilines is 1. The molecule has 2 aliphatic rings. The fourth-order valence-electron chi connectivity index (χ4n) is 5.32. The minimum absolute atomic E-state index is 0.174. The molecule has 5 rings (SSSR count). The van der Waals surface area contributed by atoms with Gasteiger partial charge in [-0.15, -0.1) is 0 Å². The van der Waals surface area contributed by atoms with Crippen molar-refractivity contribution in [2.45, 2.75) is 44.8 Å². The molecule has 3 heterocycles. The molecule has 2 fully saturated rings. The van der Waals surface area contributed by atoms with E-state index in [2.05, 4.69) is 32.6 Å². The number of likely N-dealkylation sites (tertiary alicyclic amines) is 1. The Kier molecular flexibility index (Phi) is 6.88. The Morgan fingerprint density at radius 2 is 1.64 bits per heavy atom. The van der Waals surface area contributed by atoms with E-state index in [1.807, 2.05) is 30.3 Å². The average Bonchev–Trinajstić information content (AvgIpc) is 3.18. The molecule has 0 unspecified atom stereocenters. The number of carbonyl (C=O) groups excluding carboxylic acids is 1. The monoisotopic (exact) mass is 465 g/mol. The third kappa shape index (κ3) is 4.90. The Bertz CT molecular complexity index is 1080. The summed E-state index contributed by atoms with van der Waals surface area (Å²) < 4.78 is 8.58. The van der Waals surface area contributed by atoms with Crippen LogP contribution < -0.4 is 9.64 Å². The number of hydrogen-bond acceptors (Lipinski definition) is 4. The molecule has 0 radical (unpaired) electrons. The van der Waals surface area contributed by atoms with E-state index in [1.165, 1.54) is 32.4 Å². The van der Waals surface area contributed by atoms with Gasteiger partial charge in [0, 0.05) is 49.4 Å². The molecule has 0 N–H and O–H groups in total. The fourth-order valence-corrected chi connectivity index (χ4v) is 5.44. The molecule has 6 heteroatoms. The summed E-state index contributed by atoms with van der Waals surface area (Å²) in [7, 11) is 0. The van der Waals surface area contributed by atoms with Crippen molar-refractivity contribution in [3.05, 3.63) is 59.1 Å². The highest BCUT2D eigenvalue weighted by Crippen LogP contribution is 2.34. The van der Waals surface area contributed by atoms with Gasteiger partial charge in [-0.1, -0.05) is 36.2 Å². The highest BCUT2D eigenvalue weighted by atomic mass is 35.5. The van der Waals surface area contributed by atoms with Crippen molar-refractivity contribution in [3.63, 3.8) is 0 Å². The lowest BCUT2D eigenvalue weighted by Crippen LogP contribution is -2.40. The van der Waals surface area contributed by atoms with Crippen LogP contribution in [0.15, 0.2) is 48.5 Å². The Morgan fingerprint density at radius 1 is 0.909 bits per heavy atom. The largest absolute Gasteiger partial charge is 0.490 e. The summed E-state index contributed by atoms with van der Waals surface area (Å²) in [5, 5.41) is 1.77. The molecule has 0 spiro atoms. The van der Waals surface area contributed by atoms with Crippen LogP contribution >= 0.6 is 11.6 Å². The zero-order valence-electron chi connectivity index (χ0n) is 19.1. The third-order valence-corrected chi connectivity index (χ3v) is 7.30. The molecule has 2 saturated heterocycles. The summed E-state index contributed by atoms with van der Waals surface area (Å²) in [5.74, 6) is 1.94. The number of ether oxygens (including phenoxy) is 1. The lowest BCUT2D eigenvalue weighted by atomic mass is 10.1. The van der Waals surface area contributed by atoms with Crippen LogP contribution in [-0.4, -0.2) is 54.6 Å². The number of aldehydes is 1. The summed E-state index contributed by atoms with van der Waals surface area (Å²) in [6.07, 6.45) is 7.00. The third-order valence-electron chi connectivity index (χ3n) is 7.05. The van der Waals surface area contributed by atoms with E-state index in [0.717, 1.165) is 78.4 Å². The first-order chi connectivity index (χ1) is 16.2. The van der Waals surface area contributed by atoms with Gasteiger partial charge in [0.2, 0.25) is 0 Å². The molecular weight excluding hydrogens is 434 g/mol. The Labute approximate surface area is 200 Å². The smallest absolute Gasteiger partial charge is 0.154 e. The van der Waals surface area contributed by atoms with Gasteiger partial charge in [-0.25, -0.2) is 0 Å². The molecule has 174 valence electrons. The van der Waals surface area contributed by atoms with Crippen molar-refractivity contribution >= 4 is 34.6 Å². The standard InChI is InChI=1S/C27H32ClN3O2/c28-21-8-10-22(11-9-21)33-23-12-16-30(17-13-23)27-25(20-32)24-6-2-3-7-26(24)31(27)19-18-29-14-4-1-5-15-29/h2-3,6-11,20,23H,1,4-5,12-19H2. The second kappa shape index (κ2) is 10.2. The van der Waals surface area contributed by atoms with Crippen molar-refractivity contribution in [2.75, 3.05) is 37.6 Å². The van der Waals surface area contributed by atoms with E-state index < -0.39 is 0 Å². The summed E-state index contributed by atoms with van der Waals surface area (Å²) in [6.45, 7) is 6.05. The van der Waals surface area contributed by atoms with Crippen molar-refractivity contribution in [1.82, 2.24) is 9.47 Å². The number of rotatable bonds is 7. The molecule has 0 saturated carbocycles. The van der Waals surface area contributed by atoms with E-state index in [0.29, 0.717) is 0 Å². The SMILES string of the molecule is O=Cc1c(N2CCC(Oc3ccc(Cl)cc3)CC2)n(CCN2CCCCC2)c2ccccc12. The molecule has 2 aromatic carbocycles. The molecule has 0 amide bonds. The number of nitrogens with zero attached hydrogens (tertiary/aromatic N) is 3. The van der Waals surface area contributed by atoms with Crippen molar-refractivity contribution in [1.29, 1.82) is 0 Å². The highest BCUT2D eigenvalue weighted by Gasteiger charge is 2.27. The lowest BCUT2D eigenvalue weighted by molar-refractivity contribution is 0.112. The van der Waals surface area contributed by atoms with Crippen LogP contribution in [0.2, 0.25) is 5.02 Å². The summed E-state index contributed by atoms with van der Waals surface area (Å²) in [4.78, 5) is 17.2. The molecule has 3 aromatic rings. The van der Waals surface area contributed by atoms with Gasteiger partial charge in [-0.3, -0.25) is 4.79 Å². The van der Waals surface area contributed by atoms with E-state index in [4.69, 9.17) is 16.3 Å². The maximum absolute atomic E-state index is 12.3. The summed E-state index contributed by atoms with van der Waals surface area (Å²) >= 11 is 6.00. The van der Waals surface area contributed by atoms with Crippen LogP contribution in [0, 0.1) is 0 Å². The number of para-hydroxylation sites is 1. The van der Waals surface area contributed by atoms with Gasteiger partial charge in [0.05, 0.1) is 11.1 Å². The predicted molar refractivity (Wildman–Crippen MR) is 135 cm³/mol. The van der Waals surface area contributed by atoms with Crippen LogP contribution in [0.3, 0.4) is 0 Å². The molecule has 1 aromatic heterocycles. The summed E-state index contributed by atoms with van der Waals surface area (Å²) in [6, 6.07) is 15.9. The number of aromatic nitrogens is 1. The molecule has 0 atom stereocenters. The molecule has 0 bridgehead atoms. The minimum atomic E-state index is 0.174. The number of fused-ring (bicyclic) bond motifs is 1. The highest BCUT2D eigenvalue weighted by molar-refractivity contribution is 6.30. The van der Waals surface area contributed by atoms with E-state index in [1.54, 1.807) is 0 Å². The molecule has 33 heavy (non-hydrogen) atoms. The maximum atomic E-state index is 12.3. The van der Waals surface area contributed by atoms with Crippen molar-refractivity contribution < 1.29 is 9.53 Å². The van der Waals surface area contributed by atoms with Gasteiger partial charge in [-0.05, 0) is 56.3 Å². The normalized spacial score (nSPS) is 18.0. The van der Waals surface area contributed by atoms with E-state index in [9.17, 15) is 4.79 Å². The number of benzene rings is 2. The number of piperidine rings is 2. The van der Waals surface area contributed by atoms with Crippen molar-refractivity contribution in [2.24, 2.45) is 0 Å². The summed E-state index contributed by atoms with van der Waals surface area (Å²) in [5.41, 5.74) is 1.98. The van der Waals surface area contributed by atoms with Crippen LogP contribution in [-0.2, 0) is 6.54 Å². The fraction of sp³-hybridized carbons (Fsp3) is 0.444. The average molecular weight is 466 g/mol. The van der Waals surface area contributed by atoms with Gasteiger partial charge < -0.3 is 19.1 Å². The van der Waals surface area contributed by atoms with Crippen LogP contribution in [0.5, 0.6) is 5.75 Å². The lowest BCUT2D eigenvalue weighted by Gasteiger charge is -2.35. The minimum Gasteiger partial charge on any atom is -0.490 e. The predicted octanol–water partition coefficient (Wildman–Crippen LogP) is 5.64. The van der Waals surface area contributed by atoms with E-state index >= 15 is 0 Å². The molecule has 5 nitrogen and oxygen atoms in total. The quantitative estimate of drug-likeness (QED) is 0.423. The Morgan fingerprint density at radius 3 is 2.36 bits per heavy atom. The van der Waals surface area contributed by atoms with E-state index in [-0.39, 0.29) is 6.10 Å².